The highest BCUT2D eigenvalue weighted by atomic mass is 32.1. The van der Waals surface area contributed by atoms with Gasteiger partial charge >= 0.3 is 0 Å². The van der Waals surface area contributed by atoms with Crippen LogP contribution in [-0.2, 0) is 19.3 Å². The molecule has 0 spiro atoms. The lowest BCUT2D eigenvalue weighted by Crippen LogP contribution is -2.18. The lowest BCUT2D eigenvalue weighted by molar-refractivity contribution is 0.0958. The zero-order valence-electron chi connectivity index (χ0n) is 15.0. The molecule has 0 aliphatic heterocycles. The molecule has 1 aromatic carbocycles. The Kier molecular flexibility index (Phi) is 5.53. The van der Waals surface area contributed by atoms with Crippen molar-refractivity contribution in [2.75, 3.05) is 7.11 Å². The Balaban J connectivity index is 1.59. The van der Waals surface area contributed by atoms with E-state index in [1.807, 2.05) is 37.3 Å². The molecule has 132 valence electrons. The van der Waals surface area contributed by atoms with Crippen molar-refractivity contribution in [3.05, 3.63) is 51.2 Å². The summed E-state index contributed by atoms with van der Waals surface area (Å²) in [5.74, 6) is 1.44. The van der Waals surface area contributed by atoms with Crippen LogP contribution in [0.25, 0.3) is 0 Å². The second kappa shape index (κ2) is 7.83. The molecule has 0 bridgehead atoms. The molecule has 0 unspecified atom stereocenters. The Hall–Kier alpha value is -2.14. The molecule has 4 nitrogen and oxygen atoms in total. The molecule has 1 atom stereocenters. The number of thiophene rings is 1. The SMILES string of the molecule is COc1ccc(C/C(C)=N\NC(=O)c2cc3c(s2)CC[C@@H](C)C3)cc1. The number of carbonyl (C=O) groups excluding carboxylic acids is 1. The van der Waals surface area contributed by atoms with E-state index in [9.17, 15) is 4.79 Å². The fourth-order valence-electron chi connectivity index (χ4n) is 3.10. The van der Waals surface area contributed by atoms with Crippen LogP contribution in [0.1, 0.15) is 45.9 Å². The summed E-state index contributed by atoms with van der Waals surface area (Å²) in [6.45, 7) is 4.19. The summed E-state index contributed by atoms with van der Waals surface area (Å²) in [6, 6.07) is 9.92. The lowest BCUT2D eigenvalue weighted by Gasteiger charge is -2.16. The first-order valence-electron chi connectivity index (χ1n) is 8.63. The van der Waals surface area contributed by atoms with Crippen LogP contribution in [0.2, 0.25) is 0 Å². The van der Waals surface area contributed by atoms with Crippen molar-refractivity contribution in [2.24, 2.45) is 11.0 Å². The van der Waals surface area contributed by atoms with Crippen molar-refractivity contribution < 1.29 is 9.53 Å². The fraction of sp³-hybridized carbons (Fsp3) is 0.400. The van der Waals surface area contributed by atoms with Gasteiger partial charge < -0.3 is 4.74 Å². The van der Waals surface area contributed by atoms with Crippen LogP contribution < -0.4 is 10.2 Å². The molecule has 1 aromatic heterocycles. The lowest BCUT2D eigenvalue weighted by atomic mass is 9.90. The van der Waals surface area contributed by atoms with Crippen LogP contribution in [0.4, 0.5) is 0 Å². The minimum atomic E-state index is -0.110. The van der Waals surface area contributed by atoms with E-state index in [2.05, 4.69) is 17.5 Å². The van der Waals surface area contributed by atoms with Gasteiger partial charge in [-0.1, -0.05) is 19.1 Å². The second-order valence-corrected chi connectivity index (χ2v) is 7.86. The molecule has 1 amide bonds. The Morgan fingerprint density at radius 3 is 2.84 bits per heavy atom. The third-order valence-electron chi connectivity index (χ3n) is 4.52. The number of ether oxygens (including phenoxy) is 1. The predicted octanol–water partition coefficient (Wildman–Crippen LogP) is 4.23. The van der Waals surface area contributed by atoms with Crippen molar-refractivity contribution in [2.45, 2.75) is 39.5 Å². The largest absolute Gasteiger partial charge is 0.497 e. The number of nitrogens with one attached hydrogen (secondary N) is 1. The first-order valence-corrected chi connectivity index (χ1v) is 9.45. The van der Waals surface area contributed by atoms with E-state index in [0.29, 0.717) is 12.3 Å². The highest BCUT2D eigenvalue weighted by molar-refractivity contribution is 7.14. The molecule has 0 saturated carbocycles. The normalized spacial score (nSPS) is 17.1. The third kappa shape index (κ3) is 4.48. The minimum absolute atomic E-state index is 0.110. The quantitative estimate of drug-likeness (QED) is 0.644. The molecule has 0 radical (unpaired) electrons. The number of nitrogens with zero attached hydrogens (tertiary/aromatic N) is 1. The molecule has 1 aliphatic rings. The van der Waals surface area contributed by atoms with Crippen molar-refractivity contribution in [3.63, 3.8) is 0 Å². The van der Waals surface area contributed by atoms with Gasteiger partial charge in [-0.3, -0.25) is 4.79 Å². The van der Waals surface area contributed by atoms with Gasteiger partial charge in [0.15, 0.2) is 0 Å². The number of hydrogen-bond donors (Lipinski definition) is 1. The number of hydrogen-bond acceptors (Lipinski definition) is 4. The van der Waals surface area contributed by atoms with Crippen molar-refractivity contribution in [1.29, 1.82) is 0 Å². The van der Waals surface area contributed by atoms with Gasteiger partial charge in [0.1, 0.15) is 5.75 Å². The van der Waals surface area contributed by atoms with Crippen LogP contribution >= 0.6 is 11.3 Å². The first kappa shape index (κ1) is 17.7. The van der Waals surface area contributed by atoms with Gasteiger partial charge in [0, 0.05) is 17.0 Å². The van der Waals surface area contributed by atoms with Crippen molar-refractivity contribution >= 4 is 23.0 Å². The highest BCUT2D eigenvalue weighted by Crippen LogP contribution is 2.32. The van der Waals surface area contributed by atoms with E-state index in [0.717, 1.165) is 34.7 Å². The Morgan fingerprint density at radius 2 is 2.12 bits per heavy atom. The predicted molar refractivity (Wildman–Crippen MR) is 103 cm³/mol. The van der Waals surface area contributed by atoms with E-state index in [1.54, 1.807) is 18.4 Å². The number of amides is 1. The summed E-state index contributed by atoms with van der Waals surface area (Å²) >= 11 is 1.61. The number of aryl methyl sites for hydroxylation is 1. The summed E-state index contributed by atoms with van der Waals surface area (Å²) in [7, 11) is 1.65. The van der Waals surface area contributed by atoms with Gasteiger partial charge in [-0.15, -0.1) is 11.3 Å². The molecule has 1 N–H and O–H groups in total. The zero-order valence-corrected chi connectivity index (χ0v) is 15.8. The molecule has 2 aromatic rings. The maximum absolute atomic E-state index is 12.4. The van der Waals surface area contributed by atoms with Crippen LogP contribution in [0, 0.1) is 5.92 Å². The number of methoxy groups -OCH3 is 1. The molecule has 1 aliphatic carbocycles. The van der Waals surface area contributed by atoms with Gasteiger partial charge in [-0.05, 0) is 61.4 Å². The van der Waals surface area contributed by atoms with E-state index in [-0.39, 0.29) is 5.91 Å². The summed E-state index contributed by atoms with van der Waals surface area (Å²) in [5.41, 5.74) is 6.04. The van der Waals surface area contributed by atoms with Crippen LogP contribution in [0.3, 0.4) is 0 Å². The van der Waals surface area contributed by atoms with E-state index in [1.165, 1.54) is 16.9 Å². The standard InChI is InChI=1S/C20H24N2O2S/c1-13-4-9-18-16(10-13)12-19(25-18)20(23)22-21-14(2)11-15-5-7-17(24-3)8-6-15/h5-8,12-13H,4,9-11H2,1-3H3,(H,22,23)/b21-14-/t13-/m1/s1. The average Bonchev–Trinajstić information content (AvgIpc) is 3.03. The minimum Gasteiger partial charge on any atom is -0.497 e. The second-order valence-electron chi connectivity index (χ2n) is 6.72. The summed E-state index contributed by atoms with van der Waals surface area (Å²) < 4.78 is 5.16. The molecule has 0 saturated heterocycles. The molecular formula is C20H24N2O2S. The average molecular weight is 356 g/mol. The number of benzene rings is 1. The van der Waals surface area contributed by atoms with Crippen LogP contribution in [-0.4, -0.2) is 18.7 Å². The number of hydrazone groups is 1. The topological polar surface area (TPSA) is 50.7 Å². The fourth-order valence-corrected chi connectivity index (χ4v) is 4.20. The maximum atomic E-state index is 12.4. The molecule has 3 rings (SSSR count). The van der Waals surface area contributed by atoms with Gasteiger partial charge in [0.2, 0.25) is 0 Å². The first-order chi connectivity index (χ1) is 12.0. The van der Waals surface area contributed by atoms with Crippen LogP contribution in [0.5, 0.6) is 5.75 Å². The molecule has 1 heterocycles. The summed E-state index contributed by atoms with van der Waals surface area (Å²) in [5, 5.41) is 4.25. The van der Waals surface area contributed by atoms with Crippen molar-refractivity contribution in [3.8, 4) is 5.75 Å². The Labute approximate surface area is 152 Å². The Morgan fingerprint density at radius 1 is 1.36 bits per heavy atom. The monoisotopic (exact) mass is 356 g/mol. The number of carbonyl (C=O) groups is 1. The van der Waals surface area contributed by atoms with E-state index >= 15 is 0 Å². The smallest absolute Gasteiger partial charge is 0.281 e. The third-order valence-corrected chi connectivity index (χ3v) is 5.76. The highest BCUT2D eigenvalue weighted by Gasteiger charge is 2.20. The summed E-state index contributed by atoms with van der Waals surface area (Å²) in [4.78, 5) is 14.5. The molecular weight excluding hydrogens is 332 g/mol. The molecule has 25 heavy (non-hydrogen) atoms. The zero-order chi connectivity index (χ0) is 17.8. The number of rotatable bonds is 5. The van der Waals surface area contributed by atoms with Gasteiger partial charge in [-0.25, -0.2) is 5.43 Å². The van der Waals surface area contributed by atoms with Crippen LogP contribution in [0.15, 0.2) is 35.4 Å². The van der Waals surface area contributed by atoms with E-state index in [4.69, 9.17) is 4.74 Å². The van der Waals surface area contributed by atoms with Gasteiger partial charge in [0.25, 0.3) is 5.91 Å². The van der Waals surface area contributed by atoms with Gasteiger partial charge in [0.05, 0.1) is 12.0 Å². The molecule has 5 heteroatoms. The van der Waals surface area contributed by atoms with Crippen molar-refractivity contribution in [1.82, 2.24) is 5.43 Å². The summed E-state index contributed by atoms with van der Waals surface area (Å²) in [6.07, 6.45) is 4.09. The van der Waals surface area contributed by atoms with E-state index < -0.39 is 0 Å². The molecule has 0 fully saturated rings. The van der Waals surface area contributed by atoms with Gasteiger partial charge in [-0.2, -0.15) is 5.10 Å². The maximum Gasteiger partial charge on any atom is 0.281 e. The number of fused-ring (bicyclic) bond motifs is 1. The Bertz CT molecular complexity index is 777.